The van der Waals surface area contributed by atoms with E-state index in [1.54, 1.807) is 42.2 Å². The molecule has 36 heavy (non-hydrogen) atoms. The van der Waals surface area contributed by atoms with Gasteiger partial charge in [-0.15, -0.1) is 35.3 Å². The Bertz CT molecular complexity index is 1320. The van der Waals surface area contributed by atoms with Crippen LogP contribution in [0.1, 0.15) is 48.5 Å². The number of nitrogens with zero attached hydrogens (tertiary/aromatic N) is 4. The van der Waals surface area contributed by atoms with Gasteiger partial charge in [-0.1, -0.05) is 36.4 Å². The molecule has 0 aliphatic carbocycles. The normalized spacial score (nSPS) is 30.0. The van der Waals surface area contributed by atoms with E-state index in [-0.39, 0.29) is 11.2 Å². The Balaban J connectivity index is 1.36. The average Bonchev–Trinajstić information content (AvgIpc) is 3.65. The number of hydrogen-bond acceptors (Lipinski definition) is 10. The highest BCUT2D eigenvalue weighted by Crippen LogP contribution is 2.46. The Morgan fingerprint density at radius 1 is 0.917 bits per heavy atom. The number of esters is 1. The van der Waals surface area contributed by atoms with Crippen molar-refractivity contribution in [3.8, 4) is 0 Å². The highest BCUT2D eigenvalue weighted by molar-refractivity contribution is 8.17. The molecule has 4 heterocycles. The fraction of sp³-hybridized carbons (Fsp3) is 0.423. The van der Waals surface area contributed by atoms with Gasteiger partial charge in [0.05, 0.1) is 22.2 Å². The van der Waals surface area contributed by atoms with Crippen LogP contribution in [0, 0.1) is 6.92 Å². The van der Waals surface area contributed by atoms with E-state index < -0.39 is 17.0 Å². The molecule has 0 N–H and O–H groups in total. The summed E-state index contributed by atoms with van der Waals surface area (Å²) in [6.07, 6.45) is 4.19. The van der Waals surface area contributed by atoms with Crippen LogP contribution in [-0.2, 0) is 10.3 Å². The third kappa shape index (κ3) is 4.70. The molecule has 0 saturated carbocycles. The summed E-state index contributed by atoms with van der Waals surface area (Å²) in [7, 11) is 1.34. The van der Waals surface area contributed by atoms with E-state index in [9.17, 15) is 4.79 Å². The molecule has 188 valence electrons. The molecule has 0 saturated heterocycles. The van der Waals surface area contributed by atoms with Gasteiger partial charge in [-0.3, -0.25) is 15.0 Å². The van der Waals surface area contributed by atoms with E-state index in [2.05, 4.69) is 43.1 Å². The maximum Gasteiger partial charge on any atom is 0.360 e. The molecule has 0 radical (unpaired) electrons. The first-order chi connectivity index (χ1) is 17.1. The van der Waals surface area contributed by atoms with Crippen LogP contribution >= 0.6 is 35.3 Å². The van der Waals surface area contributed by atoms with E-state index in [1.807, 2.05) is 25.1 Å². The molecule has 1 aromatic heterocycles. The molecule has 3 atom stereocenters. The van der Waals surface area contributed by atoms with Gasteiger partial charge in [0.25, 0.3) is 0 Å². The summed E-state index contributed by atoms with van der Waals surface area (Å²) in [5, 5.41) is 3.04. The van der Waals surface area contributed by atoms with Crippen molar-refractivity contribution < 1.29 is 13.9 Å². The molecule has 0 amide bonds. The molecule has 5 rings (SSSR count). The maximum absolute atomic E-state index is 12.0. The quantitative estimate of drug-likeness (QED) is 0.437. The topological polar surface area (TPSA) is 89.4 Å². The minimum atomic E-state index is -0.663. The van der Waals surface area contributed by atoms with Gasteiger partial charge < -0.3 is 9.15 Å². The molecule has 3 aliphatic heterocycles. The molecule has 0 fully saturated rings. The van der Waals surface area contributed by atoms with Crippen LogP contribution in [0.25, 0.3) is 6.08 Å². The predicted molar refractivity (Wildman–Crippen MR) is 152 cm³/mol. The third-order valence-electron chi connectivity index (χ3n) is 6.31. The smallest absolute Gasteiger partial charge is 0.360 e. The van der Waals surface area contributed by atoms with E-state index >= 15 is 0 Å². The van der Waals surface area contributed by atoms with Crippen LogP contribution in [0.4, 0.5) is 0 Å². The molecule has 0 bridgehead atoms. The lowest BCUT2D eigenvalue weighted by Gasteiger charge is -2.21. The van der Waals surface area contributed by atoms with Crippen LogP contribution in [0.15, 0.2) is 55.8 Å². The van der Waals surface area contributed by atoms with Gasteiger partial charge in [0, 0.05) is 17.3 Å². The number of ether oxygens (including phenoxy) is 1. The molecular formula is C26H28N4O3S3. The zero-order chi connectivity index (χ0) is 25.6. The minimum absolute atomic E-state index is 0.201. The number of aryl methyl sites for hydroxylation is 1. The second-order valence-corrected chi connectivity index (χ2v) is 12.6. The fourth-order valence-electron chi connectivity index (χ4n) is 4.13. The maximum atomic E-state index is 12.0. The number of benzene rings is 1. The number of hydrogen-bond donors (Lipinski definition) is 0. The van der Waals surface area contributed by atoms with Gasteiger partial charge in [-0.2, -0.15) is 0 Å². The first-order valence-electron chi connectivity index (χ1n) is 11.6. The van der Waals surface area contributed by atoms with Crippen molar-refractivity contribution in [2.24, 2.45) is 15.0 Å². The molecular weight excluding hydrogens is 513 g/mol. The SMILES string of the molecule is COC(=O)c1nc([C@]2(C)CSC([C@]3(C)CSC([C@]4(C)CSC(/C=C/c5ccccc5)=N4)=N3)=N2)oc1C. The van der Waals surface area contributed by atoms with Crippen molar-refractivity contribution in [3.63, 3.8) is 0 Å². The third-order valence-corrected chi connectivity index (χ3v) is 10.6. The van der Waals surface area contributed by atoms with Crippen LogP contribution in [-0.4, -0.2) is 61.5 Å². The summed E-state index contributed by atoms with van der Waals surface area (Å²) < 4.78 is 10.7. The predicted octanol–water partition coefficient (Wildman–Crippen LogP) is 5.65. The summed E-state index contributed by atoms with van der Waals surface area (Å²) in [4.78, 5) is 31.7. The number of carbonyl (C=O) groups excluding carboxylic acids is 1. The summed E-state index contributed by atoms with van der Waals surface area (Å²) in [6.45, 7) is 8.00. The number of oxazole rings is 1. The largest absolute Gasteiger partial charge is 0.464 e. The first-order valence-corrected chi connectivity index (χ1v) is 14.6. The van der Waals surface area contributed by atoms with Crippen molar-refractivity contribution in [1.82, 2.24) is 4.98 Å². The van der Waals surface area contributed by atoms with Crippen LogP contribution in [0.5, 0.6) is 0 Å². The number of rotatable bonds is 6. The molecule has 3 aliphatic rings. The van der Waals surface area contributed by atoms with E-state index in [0.29, 0.717) is 17.4 Å². The number of methoxy groups -OCH3 is 1. The van der Waals surface area contributed by atoms with E-state index in [4.69, 9.17) is 24.1 Å². The van der Waals surface area contributed by atoms with Crippen molar-refractivity contribution in [2.75, 3.05) is 24.4 Å². The standard InChI is InChI=1S/C26H28N4O3S3/c1-16-19(20(31)32-5)27-21(33-16)24(2)13-35-23(29-24)26(4)15-36-22(30-26)25(3)14-34-18(28-25)12-11-17-9-7-6-8-10-17/h6-12H,13-15H2,1-5H3/b12-11+/t24-,25-,26-/m0/s1. The van der Waals surface area contributed by atoms with E-state index in [1.165, 1.54) is 7.11 Å². The highest BCUT2D eigenvalue weighted by Gasteiger charge is 2.48. The number of carbonyl (C=O) groups is 1. The van der Waals surface area contributed by atoms with Crippen LogP contribution < -0.4 is 0 Å². The summed E-state index contributed by atoms with van der Waals surface area (Å²) >= 11 is 5.22. The number of aromatic nitrogens is 1. The Labute approximate surface area is 223 Å². The Morgan fingerprint density at radius 3 is 2.22 bits per heavy atom. The van der Waals surface area contributed by atoms with Gasteiger partial charge in [0.15, 0.2) is 5.69 Å². The average molecular weight is 541 g/mol. The van der Waals surface area contributed by atoms with E-state index in [0.717, 1.165) is 32.2 Å². The highest BCUT2D eigenvalue weighted by atomic mass is 32.2. The molecule has 1 aromatic carbocycles. The fourth-order valence-corrected chi connectivity index (χ4v) is 7.99. The first kappa shape index (κ1) is 25.4. The molecule has 0 unspecified atom stereocenters. The Hall–Kier alpha value is -2.30. The zero-order valence-electron chi connectivity index (χ0n) is 20.9. The minimum Gasteiger partial charge on any atom is -0.464 e. The Kier molecular flexibility index (Phi) is 6.72. The van der Waals surface area contributed by atoms with Crippen molar-refractivity contribution >= 4 is 62.5 Å². The molecule has 2 aromatic rings. The monoisotopic (exact) mass is 540 g/mol. The summed E-state index contributed by atoms with van der Waals surface area (Å²) in [5.41, 5.74) is -0.0723. The second-order valence-electron chi connectivity index (χ2n) is 9.63. The lowest BCUT2D eigenvalue weighted by molar-refractivity contribution is 0.0593. The van der Waals surface area contributed by atoms with Crippen LogP contribution in [0.2, 0.25) is 0 Å². The van der Waals surface area contributed by atoms with Crippen LogP contribution in [0.3, 0.4) is 0 Å². The van der Waals surface area contributed by atoms with Gasteiger partial charge >= 0.3 is 5.97 Å². The van der Waals surface area contributed by atoms with Gasteiger partial charge in [0.2, 0.25) is 5.89 Å². The Morgan fingerprint density at radius 2 is 1.53 bits per heavy atom. The zero-order valence-corrected chi connectivity index (χ0v) is 23.4. The number of thioether (sulfide) groups is 3. The van der Waals surface area contributed by atoms with Crippen molar-refractivity contribution in [3.05, 3.63) is 59.3 Å². The van der Waals surface area contributed by atoms with Gasteiger partial charge in [0.1, 0.15) is 22.4 Å². The molecule has 0 spiro atoms. The van der Waals surface area contributed by atoms with Gasteiger partial charge in [-0.05, 0) is 39.3 Å². The molecule has 10 heteroatoms. The lowest BCUT2D eigenvalue weighted by atomic mass is 10.0. The van der Waals surface area contributed by atoms with Crippen molar-refractivity contribution in [1.29, 1.82) is 0 Å². The molecule has 7 nitrogen and oxygen atoms in total. The van der Waals surface area contributed by atoms with Gasteiger partial charge in [-0.25, -0.2) is 9.78 Å². The lowest BCUT2D eigenvalue weighted by Crippen LogP contribution is -2.33. The number of aliphatic imine (C=N–C) groups is 3. The second kappa shape index (κ2) is 9.54. The summed E-state index contributed by atoms with van der Waals surface area (Å²) in [5.74, 6) is 2.72. The summed E-state index contributed by atoms with van der Waals surface area (Å²) in [6, 6.07) is 10.3. The van der Waals surface area contributed by atoms with Crippen molar-refractivity contribution in [2.45, 2.75) is 44.3 Å².